The van der Waals surface area contributed by atoms with Crippen LogP contribution in [0.4, 0.5) is 5.95 Å². The van der Waals surface area contributed by atoms with Gasteiger partial charge in [-0.05, 0) is 25.8 Å². The first-order chi connectivity index (χ1) is 10.1. The van der Waals surface area contributed by atoms with Gasteiger partial charge in [-0.15, -0.1) is 0 Å². The molecule has 1 aromatic rings. The van der Waals surface area contributed by atoms with Crippen molar-refractivity contribution in [3.8, 4) is 0 Å². The van der Waals surface area contributed by atoms with Gasteiger partial charge in [-0.1, -0.05) is 47.5 Å². The first-order valence-corrected chi connectivity index (χ1v) is 8.27. The van der Waals surface area contributed by atoms with Gasteiger partial charge < -0.3 is 0 Å². The molecule has 1 aromatic heterocycles. The number of nitrogens with zero attached hydrogens (tertiary/aromatic N) is 3. The van der Waals surface area contributed by atoms with E-state index >= 15 is 0 Å². The Labute approximate surface area is 130 Å². The van der Waals surface area contributed by atoms with Gasteiger partial charge in [0.2, 0.25) is 11.9 Å². The van der Waals surface area contributed by atoms with Gasteiger partial charge in [0.1, 0.15) is 0 Å². The summed E-state index contributed by atoms with van der Waals surface area (Å²) in [5.74, 6) is 0.647. The summed E-state index contributed by atoms with van der Waals surface area (Å²) in [6.07, 6.45) is 6.21. The van der Waals surface area contributed by atoms with E-state index in [-0.39, 0.29) is 11.9 Å². The Balaban J connectivity index is 0.00000191. The van der Waals surface area contributed by atoms with Crippen molar-refractivity contribution in [2.75, 3.05) is 4.90 Å². The number of hydrogen-bond donors (Lipinski definition) is 0. The van der Waals surface area contributed by atoms with E-state index in [1.165, 1.54) is 0 Å². The fraction of sp³-hybridized carbons (Fsp3) is 0.706. The number of carbonyl (C=O) groups is 1. The van der Waals surface area contributed by atoms with Crippen molar-refractivity contribution in [2.45, 2.75) is 79.7 Å². The number of amides is 1. The normalized spacial score (nSPS) is 11.3. The lowest BCUT2D eigenvalue weighted by Gasteiger charge is -2.27. The predicted octanol–water partition coefficient (Wildman–Crippen LogP) is 4.39. The summed E-state index contributed by atoms with van der Waals surface area (Å²) in [6, 6.07) is 2.07. The van der Waals surface area contributed by atoms with Gasteiger partial charge in [-0.3, -0.25) is 9.69 Å². The zero-order valence-corrected chi connectivity index (χ0v) is 14.5. The number of aryl methyl sites for hydroxylation is 1. The van der Waals surface area contributed by atoms with Crippen molar-refractivity contribution < 1.29 is 4.79 Å². The van der Waals surface area contributed by atoms with Crippen molar-refractivity contribution in [2.24, 2.45) is 0 Å². The minimum absolute atomic E-state index is 0.0922. The third-order valence-corrected chi connectivity index (χ3v) is 3.14. The molecular formula is C17H31N3O. The Morgan fingerprint density at radius 3 is 2.43 bits per heavy atom. The first kappa shape index (κ1) is 19.6. The second-order valence-corrected chi connectivity index (χ2v) is 4.85. The molecule has 1 amide bonds. The molecule has 120 valence electrons. The Kier molecular flexibility index (Phi) is 10.5. The molecule has 21 heavy (non-hydrogen) atoms. The minimum atomic E-state index is 0.0922. The highest BCUT2D eigenvalue weighted by atomic mass is 16.2. The number of anilines is 1. The molecule has 0 saturated carbocycles. The smallest absolute Gasteiger partial charge is 0.232 e. The van der Waals surface area contributed by atoms with Crippen LogP contribution < -0.4 is 4.90 Å². The maximum Gasteiger partial charge on any atom is 0.232 e. The van der Waals surface area contributed by atoms with Gasteiger partial charge in [-0.2, -0.15) is 0 Å². The zero-order chi connectivity index (χ0) is 16.3. The Hall–Kier alpha value is -1.45. The first-order valence-electron chi connectivity index (χ1n) is 8.27. The van der Waals surface area contributed by atoms with E-state index in [4.69, 9.17) is 0 Å². The summed E-state index contributed by atoms with van der Waals surface area (Å²) >= 11 is 0. The van der Waals surface area contributed by atoms with Crippen LogP contribution in [0.1, 0.15) is 72.9 Å². The molecule has 0 aliphatic carbocycles. The lowest BCUT2D eigenvalue weighted by atomic mass is 10.1. The van der Waals surface area contributed by atoms with E-state index in [2.05, 4.69) is 30.7 Å². The second-order valence-electron chi connectivity index (χ2n) is 4.85. The van der Waals surface area contributed by atoms with Gasteiger partial charge in [0.05, 0.1) is 0 Å². The summed E-state index contributed by atoms with van der Waals surface area (Å²) in [6.45, 7) is 12.2. The highest BCUT2D eigenvalue weighted by molar-refractivity contribution is 5.91. The summed E-state index contributed by atoms with van der Waals surface area (Å²) in [4.78, 5) is 22.7. The monoisotopic (exact) mass is 293 g/mol. The topological polar surface area (TPSA) is 46.1 Å². The van der Waals surface area contributed by atoms with Crippen LogP contribution in [0.2, 0.25) is 0 Å². The van der Waals surface area contributed by atoms with E-state index in [1.54, 1.807) is 11.1 Å². The molecule has 1 unspecified atom stereocenters. The van der Waals surface area contributed by atoms with Crippen molar-refractivity contribution in [1.29, 1.82) is 0 Å². The minimum Gasteiger partial charge on any atom is -0.278 e. The fourth-order valence-corrected chi connectivity index (χ4v) is 2.17. The molecule has 0 radical (unpaired) electrons. The molecule has 4 heteroatoms. The highest BCUT2D eigenvalue weighted by Gasteiger charge is 2.22. The molecule has 4 nitrogen and oxygen atoms in total. The molecule has 0 saturated heterocycles. The zero-order valence-electron chi connectivity index (χ0n) is 14.5. The molecule has 1 heterocycles. The lowest BCUT2D eigenvalue weighted by molar-refractivity contribution is -0.118. The second kappa shape index (κ2) is 11.2. The number of rotatable bonds is 7. The van der Waals surface area contributed by atoms with Crippen molar-refractivity contribution in [3.05, 3.63) is 18.0 Å². The molecule has 1 rings (SSSR count). The molecular weight excluding hydrogens is 262 g/mol. The van der Waals surface area contributed by atoms with E-state index in [1.807, 2.05) is 26.8 Å². The van der Waals surface area contributed by atoms with Crippen molar-refractivity contribution >= 4 is 11.9 Å². The van der Waals surface area contributed by atoms with Crippen LogP contribution in [0, 0.1) is 0 Å². The maximum atomic E-state index is 12.1. The number of hydrogen-bond acceptors (Lipinski definition) is 3. The van der Waals surface area contributed by atoms with Gasteiger partial charge in [-0.25, -0.2) is 9.97 Å². The third-order valence-electron chi connectivity index (χ3n) is 3.14. The molecule has 0 fully saturated rings. The van der Waals surface area contributed by atoms with Gasteiger partial charge in [0.25, 0.3) is 0 Å². The maximum absolute atomic E-state index is 12.1. The quantitative estimate of drug-likeness (QED) is 0.749. The molecule has 0 N–H and O–H groups in total. The Bertz CT molecular complexity index is 407. The SMILES string of the molecule is CC.CCCc1ccnc(N(C(=O)CC)C(C)CCC)n1. The lowest BCUT2D eigenvalue weighted by Crippen LogP contribution is -2.39. The Morgan fingerprint density at radius 1 is 1.24 bits per heavy atom. The molecule has 0 aliphatic heterocycles. The van der Waals surface area contributed by atoms with Crippen molar-refractivity contribution in [1.82, 2.24) is 9.97 Å². The van der Waals surface area contributed by atoms with Crippen LogP contribution in [-0.4, -0.2) is 21.9 Å². The van der Waals surface area contributed by atoms with E-state index in [9.17, 15) is 4.79 Å². The number of aromatic nitrogens is 2. The summed E-state index contributed by atoms with van der Waals surface area (Å²) in [7, 11) is 0. The van der Waals surface area contributed by atoms with Crippen molar-refractivity contribution in [3.63, 3.8) is 0 Å². The summed E-state index contributed by atoms with van der Waals surface area (Å²) in [5.41, 5.74) is 1.00. The standard InChI is InChI=1S/C15H25N3O.C2H6/c1-5-8-12(4)18(14(19)7-3)15-16-11-10-13(17-15)9-6-2;1-2/h10-12H,5-9H2,1-4H3;1-2H3. The Morgan fingerprint density at radius 2 is 1.90 bits per heavy atom. The van der Waals surface area contributed by atoms with Crippen LogP contribution in [0.15, 0.2) is 12.3 Å². The van der Waals surface area contributed by atoms with Crippen LogP contribution in [0.5, 0.6) is 0 Å². The van der Waals surface area contributed by atoms with E-state index in [0.29, 0.717) is 12.4 Å². The fourth-order valence-electron chi connectivity index (χ4n) is 2.17. The molecule has 0 aliphatic rings. The molecule has 0 spiro atoms. The van der Waals surface area contributed by atoms with Gasteiger partial charge >= 0.3 is 0 Å². The largest absolute Gasteiger partial charge is 0.278 e. The third kappa shape index (κ3) is 6.23. The predicted molar refractivity (Wildman–Crippen MR) is 89.5 cm³/mol. The van der Waals surface area contributed by atoms with Gasteiger partial charge in [0.15, 0.2) is 0 Å². The highest BCUT2D eigenvalue weighted by Crippen LogP contribution is 2.17. The number of carbonyl (C=O) groups excluding carboxylic acids is 1. The molecule has 0 bridgehead atoms. The van der Waals surface area contributed by atoms with Crippen LogP contribution in [0.25, 0.3) is 0 Å². The van der Waals surface area contributed by atoms with Crippen LogP contribution in [-0.2, 0) is 11.2 Å². The molecule has 0 aromatic carbocycles. The van der Waals surface area contributed by atoms with E-state index < -0.39 is 0 Å². The molecule has 1 atom stereocenters. The van der Waals surface area contributed by atoms with E-state index in [0.717, 1.165) is 31.4 Å². The van der Waals surface area contributed by atoms with Crippen LogP contribution >= 0.6 is 0 Å². The van der Waals surface area contributed by atoms with Gasteiger partial charge in [0, 0.05) is 24.4 Å². The average Bonchev–Trinajstić information content (AvgIpc) is 2.50. The summed E-state index contributed by atoms with van der Waals surface area (Å²) < 4.78 is 0. The van der Waals surface area contributed by atoms with Crippen LogP contribution in [0.3, 0.4) is 0 Å². The summed E-state index contributed by atoms with van der Waals surface area (Å²) in [5, 5.41) is 0. The average molecular weight is 293 g/mol.